The first-order valence-corrected chi connectivity index (χ1v) is 8.07. The van der Waals surface area contributed by atoms with Gasteiger partial charge in [0.15, 0.2) is 11.5 Å². The van der Waals surface area contributed by atoms with E-state index >= 15 is 0 Å². The Hall–Kier alpha value is -1.84. The lowest BCUT2D eigenvalue weighted by molar-refractivity contribution is -0.142. The molecule has 6 nitrogen and oxygen atoms in total. The Bertz CT molecular complexity index is 780. The summed E-state index contributed by atoms with van der Waals surface area (Å²) in [5, 5.41) is 9.80. The van der Waals surface area contributed by atoms with Gasteiger partial charge in [0, 0.05) is 12.0 Å². The molecule has 0 saturated heterocycles. The van der Waals surface area contributed by atoms with Gasteiger partial charge in [0.05, 0.1) is 10.2 Å². The third-order valence-electron chi connectivity index (χ3n) is 3.75. The van der Waals surface area contributed by atoms with Gasteiger partial charge in [0.2, 0.25) is 5.91 Å². The first-order valence-electron chi connectivity index (χ1n) is 7.27. The molecule has 130 valence electrons. The Morgan fingerprint density at radius 2 is 2.17 bits per heavy atom. The van der Waals surface area contributed by atoms with E-state index < -0.39 is 23.8 Å². The summed E-state index contributed by atoms with van der Waals surface area (Å²) in [6, 6.07) is 0.594. The molecule has 0 bridgehead atoms. The number of rotatable bonds is 4. The topological polar surface area (TPSA) is 73.0 Å². The average Bonchev–Trinajstić information content (AvgIpc) is 3.14. The van der Waals surface area contributed by atoms with Crippen LogP contribution in [-0.4, -0.2) is 20.8 Å². The Morgan fingerprint density at radius 3 is 2.67 bits per heavy atom. The van der Waals surface area contributed by atoms with Gasteiger partial charge < -0.3 is 9.84 Å². The number of alkyl halides is 3. The van der Waals surface area contributed by atoms with E-state index in [1.165, 1.54) is 13.0 Å². The molecule has 0 spiro atoms. The van der Waals surface area contributed by atoms with Crippen LogP contribution in [0, 0.1) is 6.92 Å². The molecule has 1 amide bonds. The molecule has 0 radical (unpaired) electrons. The molecule has 1 fully saturated rings. The van der Waals surface area contributed by atoms with Crippen molar-refractivity contribution in [3.63, 3.8) is 0 Å². The predicted octanol–water partition coefficient (Wildman–Crippen LogP) is 4.04. The summed E-state index contributed by atoms with van der Waals surface area (Å²) in [5.74, 6) is 0.179. The van der Waals surface area contributed by atoms with Gasteiger partial charge in [-0.15, -0.1) is 0 Å². The molecule has 3 rings (SSSR count). The van der Waals surface area contributed by atoms with Crippen LogP contribution in [0.1, 0.15) is 48.9 Å². The highest BCUT2D eigenvalue weighted by atomic mass is 79.9. The van der Waals surface area contributed by atoms with Crippen LogP contribution in [-0.2, 0) is 11.0 Å². The molecule has 2 aromatic rings. The average molecular weight is 407 g/mol. The van der Waals surface area contributed by atoms with Crippen LogP contribution in [0.2, 0.25) is 0 Å². The minimum absolute atomic E-state index is 0.0208. The number of halogens is 4. The predicted molar refractivity (Wildman–Crippen MR) is 81.5 cm³/mol. The number of anilines is 1. The van der Waals surface area contributed by atoms with Crippen LogP contribution in [0.4, 0.5) is 19.0 Å². The first kappa shape index (κ1) is 17.0. The lowest BCUT2D eigenvalue weighted by Gasteiger charge is -2.14. The molecular weight excluding hydrogens is 393 g/mol. The number of aryl methyl sites for hydroxylation is 1. The van der Waals surface area contributed by atoms with Crippen molar-refractivity contribution in [1.29, 1.82) is 0 Å². The number of hydrogen-bond acceptors (Lipinski definition) is 4. The van der Waals surface area contributed by atoms with Crippen molar-refractivity contribution < 1.29 is 22.5 Å². The van der Waals surface area contributed by atoms with Crippen molar-refractivity contribution in [2.75, 3.05) is 5.32 Å². The van der Waals surface area contributed by atoms with E-state index in [0.29, 0.717) is 11.5 Å². The van der Waals surface area contributed by atoms with Crippen LogP contribution in [0.25, 0.3) is 0 Å². The first-order chi connectivity index (χ1) is 11.2. The number of hydrogen-bond donors (Lipinski definition) is 1. The van der Waals surface area contributed by atoms with Crippen molar-refractivity contribution >= 4 is 27.7 Å². The van der Waals surface area contributed by atoms with Crippen LogP contribution in [0.3, 0.4) is 0 Å². The summed E-state index contributed by atoms with van der Waals surface area (Å²) in [4.78, 5) is 12.3. The number of nitrogens with zero attached hydrogens (tertiary/aromatic N) is 3. The Kier molecular flexibility index (Phi) is 4.18. The zero-order valence-corrected chi connectivity index (χ0v) is 14.4. The lowest BCUT2D eigenvalue weighted by Crippen LogP contribution is -2.26. The van der Waals surface area contributed by atoms with E-state index in [-0.39, 0.29) is 16.2 Å². The van der Waals surface area contributed by atoms with E-state index in [9.17, 15) is 18.0 Å². The summed E-state index contributed by atoms with van der Waals surface area (Å²) in [6.45, 7) is 3.16. The van der Waals surface area contributed by atoms with E-state index in [4.69, 9.17) is 4.52 Å². The second-order valence-electron chi connectivity index (χ2n) is 5.75. The molecule has 1 aliphatic carbocycles. The maximum Gasteiger partial charge on any atom is 0.436 e. The highest BCUT2D eigenvalue weighted by Gasteiger charge is 2.43. The zero-order chi connectivity index (χ0) is 17.6. The standard InChI is InChI=1S/C14H14BrF3N4O2/c1-6-5-9(21-24-6)19-13(23)7(2)22-11(8-3-4-8)10(15)12(20-22)14(16,17)18/h5,7-8H,3-4H2,1-2H3,(H,19,21,23). The molecule has 1 unspecified atom stereocenters. The minimum Gasteiger partial charge on any atom is -0.360 e. The van der Waals surface area contributed by atoms with Gasteiger partial charge in [0.25, 0.3) is 0 Å². The summed E-state index contributed by atoms with van der Waals surface area (Å²) < 4.78 is 45.2. The second kappa shape index (κ2) is 5.91. The number of carbonyl (C=O) groups is 1. The van der Waals surface area contributed by atoms with Crippen LogP contribution >= 0.6 is 15.9 Å². The molecular formula is C14H14BrF3N4O2. The number of aromatic nitrogens is 3. The third-order valence-corrected chi connectivity index (χ3v) is 4.53. The van der Waals surface area contributed by atoms with Crippen LogP contribution in [0.15, 0.2) is 15.1 Å². The molecule has 10 heteroatoms. The van der Waals surface area contributed by atoms with Crippen molar-refractivity contribution in [1.82, 2.24) is 14.9 Å². The number of carbonyl (C=O) groups excluding carboxylic acids is 1. The molecule has 1 aliphatic rings. The van der Waals surface area contributed by atoms with Gasteiger partial charge in [-0.25, -0.2) is 0 Å². The quantitative estimate of drug-likeness (QED) is 0.831. The van der Waals surface area contributed by atoms with Gasteiger partial charge >= 0.3 is 6.18 Å². The summed E-state index contributed by atoms with van der Waals surface area (Å²) >= 11 is 3.00. The van der Waals surface area contributed by atoms with Crippen molar-refractivity contribution in [3.8, 4) is 0 Å². The van der Waals surface area contributed by atoms with Crippen LogP contribution in [0.5, 0.6) is 0 Å². The van der Waals surface area contributed by atoms with Crippen LogP contribution < -0.4 is 5.32 Å². The zero-order valence-electron chi connectivity index (χ0n) is 12.8. The fourth-order valence-electron chi connectivity index (χ4n) is 2.39. The molecule has 1 saturated carbocycles. The summed E-state index contributed by atoms with van der Waals surface area (Å²) in [5.41, 5.74) is -0.609. The molecule has 1 atom stereocenters. The smallest absolute Gasteiger partial charge is 0.360 e. The largest absolute Gasteiger partial charge is 0.436 e. The molecule has 24 heavy (non-hydrogen) atoms. The van der Waals surface area contributed by atoms with Crippen molar-refractivity contribution in [2.24, 2.45) is 0 Å². The molecule has 2 heterocycles. The van der Waals surface area contributed by atoms with Gasteiger partial charge in [0.1, 0.15) is 11.8 Å². The Morgan fingerprint density at radius 1 is 1.50 bits per heavy atom. The summed E-state index contributed by atoms with van der Waals surface area (Å²) in [7, 11) is 0. The van der Waals surface area contributed by atoms with Gasteiger partial charge in [-0.2, -0.15) is 18.3 Å². The molecule has 0 aliphatic heterocycles. The molecule has 1 N–H and O–H groups in total. The fourth-order valence-corrected chi connectivity index (χ4v) is 3.20. The normalized spacial score (nSPS) is 16.2. The van der Waals surface area contributed by atoms with E-state index in [1.807, 2.05) is 0 Å². The number of amides is 1. The monoisotopic (exact) mass is 406 g/mol. The van der Waals surface area contributed by atoms with Crippen molar-refractivity contribution in [2.45, 2.75) is 44.8 Å². The second-order valence-corrected chi connectivity index (χ2v) is 6.55. The highest BCUT2D eigenvalue weighted by molar-refractivity contribution is 9.10. The minimum atomic E-state index is -4.59. The van der Waals surface area contributed by atoms with Gasteiger partial charge in [-0.1, -0.05) is 5.16 Å². The Balaban J connectivity index is 1.91. The van der Waals surface area contributed by atoms with E-state index in [2.05, 4.69) is 31.5 Å². The third kappa shape index (κ3) is 3.19. The maximum absolute atomic E-state index is 13.1. The fraction of sp³-hybridized carbons (Fsp3) is 0.500. The van der Waals surface area contributed by atoms with Gasteiger partial charge in [-0.3, -0.25) is 9.48 Å². The maximum atomic E-state index is 13.1. The van der Waals surface area contributed by atoms with E-state index in [0.717, 1.165) is 17.5 Å². The highest BCUT2D eigenvalue weighted by Crippen LogP contribution is 2.47. The van der Waals surface area contributed by atoms with E-state index in [1.54, 1.807) is 6.92 Å². The van der Waals surface area contributed by atoms with Crippen molar-refractivity contribution in [3.05, 3.63) is 27.7 Å². The summed E-state index contributed by atoms with van der Waals surface area (Å²) in [6.07, 6.45) is -3.04. The lowest BCUT2D eigenvalue weighted by atomic mass is 10.2. The molecule has 2 aromatic heterocycles. The molecule has 0 aromatic carbocycles. The SMILES string of the molecule is Cc1cc(NC(=O)C(C)n2nc(C(F)(F)F)c(Br)c2C2CC2)no1. The Labute approximate surface area is 143 Å². The van der Waals surface area contributed by atoms with Gasteiger partial charge in [-0.05, 0) is 42.6 Å². The number of nitrogens with one attached hydrogen (secondary N) is 1.